The number of ether oxygens (including phenoxy) is 1. The lowest BCUT2D eigenvalue weighted by Gasteiger charge is -2.27. The third kappa shape index (κ3) is 3.77. The number of imidazole rings is 1. The molecule has 2 aliphatic rings. The molecule has 2 amide bonds. The summed E-state index contributed by atoms with van der Waals surface area (Å²) in [6.45, 7) is 3.85. The normalized spacial score (nSPS) is 23.8. The van der Waals surface area contributed by atoms with Crippen LogP contribution in [0.4, 0.5) is 0 Å². The van der Waals surface area contributed by atoms with Gasteiger partial charge in [-0.05, 0) is 25.7 Å². The highest BCUT2D eigenvalue weighted by Crippen LogP contribution is 2.36. The minimum Gasteiger partial charge on any atom is -0.371 e. The summed E-state index contributed by atoms with van der Waals surface area (Å²) in [7, 11) is 1.93. The zero-order valence-corrected chi connectivity index (χ0v) is 14.4. The number of amides is 2. The van der Waals surface area contributed by atoms with Crippen molar-refractivity contribution in [3.05, 3.63) is 18.2 Å². The van der Waals surface area contributed by atoms with E-state index in [0.29, 0.717) is 32.0 Å². The molecule has 0 aromatic carbocycles. The summed E-state index contributed by atoms with van der Waals surface area (Å²) in [5.41, 5.74) is 0. The molecular weight excluding hydrogens is 308 g/mol. The molecule has 1 aromatic heterocycles. The minimum atomic E-state index is -0.114. The third-order valence-corrected chi connectivity index (χ3v) is 4.85. The van der Waals surface area contributed by atoms with E-state index in [-0.39, 0.29) is 30.4 Å². The molecule has 1 saturated heterocycles. The fourth-order valence-corrected chi connectivity index (χ4v) is 3.33. The molecule has 0 spiro atoms. The molecule has 3 rings (SSSR count). The van der Waals surface area contributed by atoms with Gasteiger partial charge in [0.15, 0.2) is 0 Å². The van der Waals surface area contributed by atoms with Gasteiger partial charge in [-0.2, -0.15) is 0 Å². The van der Waals surface area contributed by atoms with Gasteiger partial charge >= 0.3 is 0 Å². The maximum Gasteiger partial charge on any atom is 0.246 e. The summed E-state index contributed by atoms with van der Waals surface area (Å²) in [6.07, 6.45) is 6.49. The second-order valence-electron chi connectivity index (χ2n) is 6.75. The van der Waals surface area contributed by atoms with Crippen molar-refractivity contribution in [2.24, 2.45) is 18.9 Å². The van der Waals surface area contributed by atoms with Gasteiger partial charge in [-0.1, -0.05) is 0 Å². The highest BCUT2D eigenvalue weighted by atomic mass is 16.5. The van der Waals surface area contributed by atoms with E-state index in [1.165, 1.54) is 12.8 Å². The summed E-state index contributed by atoms with van der Waals surface area (Å²) in [5.74, 6) is 1.56. The van der Waals surface area contributed by atoms with Gasteiger partial charge in [0.25, 0.3) is 0 Å². The van der Waals surface area contributed by atoms with Gasteiger partial charge in [0.2, 0.25) is 11.8 Å². The fourth-order valence-electron chi connectivity index (χ4n) is 3.33. The SMILES string of the molecule is CCN1C(=O)C[C@@H](CNC(=O)COCC2CC2)[C@@H]1c1nccn1C. The van der Waals surface area contributed by atoms with Crippen LogP contribution in [0, 0.1) is 11.8 Å². The van der Waals surface area contributed by atoms with Crippen LogP contribution in [-0.4, -0.2) is 52.6 Å². The standard InChI is InChI=1S/C17H26N4O3/c1-3-21-15(23)8-13(16(21)17-18-6-7-20(17)2)9-19-14(22)11-24-10-12-4-5-12/h6-7,12-13,16H,3-5,8-11H2,1-2H3,(H,19,22)/t13-,16+/m0/s1. The topological polar surface area (TPSA) is 76.5 Å². The highest BCUT2D eigenvalue weighted by molar-refractivity contribution is 5.80. The second kappa shape index (κ2) is 7.34. The van der Waals surface area contributed by atoms with Gasteiger partial charge in [0, 0.05) is 44.9 Å². The summed E-state index contributed by atoms with van der Waals surface area (Å²) in [4.78, 5) is 30.5. The number of aromatic nitrogens is 2. The molecule has 132 valence electrons. The predicted octanol–water partition coefficient (Wildman–Crippen LogP) is 0.872. The van der Waals surface area contributed by atoms with Crippen LogP contribution >= 0.6 is 0 Å². The van der Waals surface area contributed by atoms with Crippen LogP contribution in [0.15, 0.2) is 12.4 Å². The Kier molecular flexibility index (Phi) is 5.18. The Bertz CT molecular complexity index is 596. The first-order chi connectivity index (χ1) is 11.6. The van der Waals surface area contributed by atoms with Gasteiger partial charge in [0.1, 0.15) is 12.4 Å². The molecular formula is C17H26N4O3. The first-order valence-corrected chi connectivity index (χ1v) is 8.71. The Balaban J connectivity index is 1.57. The van der Waals surface area contributed by atoms with Crippen LogP contribution in [0.1, 0.15) is 38.1 Å². The van der Waals surface area contributed by atoms with Gasteiger partial charge < -0.3 is 19.5 Å². The lowest BCUT2D eigenvalue weighted by Crippen LogP contribution is -2.36. The van der Waals surface area contributed by atoms with Crippen LogP contribution < -0.4 is 5.32 Å². The molecule has 7 nitrogen and oxygen atoms in total. The molecule has 1 aliphatic heterocycles. The third-order valence-electron chi connectivity index (χ3n) is 4.85. The molecule has 7 heteroatoms. The first-order valence-electron chi connectivity index (χ1n) is 8.71. The number of hydrogen-bond donors (Lipinski definition) is 1. The zero-order chi connectivity index (χ0) is 17.1. The lowest BCUT2D eigenvalue weighted by atomic mass is 9.99. The molecule has 1 aromatic rings. The minimum absolute atomic E-state index is 0.0333. The molecule has 24 heavy (non-hydrogen) atoms. The zero-order valence-electron chi connectivity index (χ0n) is 14.4. The molecule has 2 atom stereocenters. The number of likely N-dealkylation sites (tertiary alicyclic amines) is 1. The van der Waals surface area contributed by atoms with E-state index in [4.69, 9.17) is 4.74 Å². The van der Waals surface area contributed by atoms with Crippen LogP contribution in [0.2, 0.25) is 0 Å². The molecule has 0 radical (unpaired) electrons. The van der Waals surface area contributed by atoms with Crippen molar-refractivity contribution in [2.45, 2.75) is 32.2 Å². The van der Waals surface area contributed by atoms with Crippen LogP contribution in [0.25, 0.3) is 0 Å². The van der Waals surface area contributed by atoms with Gasteiger partial charge in [-0.15, -0.1) is 0 Å². The fraction of sp³-hybridized carbons (Fsp3) is 0.706. The van der Waals surface area contributed by atoms with Crippen molar-refractivity contribution < 1.29 is 14.3 Å². The summed E-state index contributed by atoms with van der Waals surface area (Å²) in [6, 6.07) is -0.0878. The Labute approximate surface area is 142 Å². The van der Waals surface area contributed by atoms with E-state index >= 15 is 0 Å². The van der Waals surface area contributed by atoms with Crippen molar-refractivity contribution in [3.63, 3.8) is 0 Å². The molecule has 0 bridgehead atoms. The monoisotopic (exact) mass is 334 g/mol. The second-order valence-corrected chi connectivity index (χ2v) is 6.75. The first kappa shape index (κ1) is 17.0. The number of hydrogen-bond acceptors (Lipinski definition) is 4. The van der Waals surface area contributed by atoms with Crippen molar-refractivity contribution in [1.29, 1.82) is 0 Å². The summed E-state index contributed by atoms with van der Waals surface area (Å²) < 4.78 is 7.35. The van der Waals surface area contributed by atoms with Crippen molar-refractivity contribution >= 4 is 11.8 Å². The Morgan fingerprint density at radius 1 is 1.46 bits per heavy atom. The van der Waals surface area contributed by atoms with Crippen molar-refractivity contribution in [3.8, 4) is 0 Å². The van der Waals surface area contributed by atoms with Crippen LogP contribution in [0.3, 0.4) is 0 Å². The summed E-state index contributed by atoms with van der Waals surface area (Å²) >= 11 is 0. The Morgan fingerprint density at radius 3 is 2.88 bits per heavy atom. The largest absolute Gasteiger partial charge is 0.371 e. The molecule has 2 heterocycles. The predicted molar refractivity (Wildman–Crippen MR) is 88.0 cm³/mol. The number of nitrogens with one attached hydrogen (secondary N) is 1. The van der Waals surface area contributed by atoms with E-state index in [0.717, 1.165) is 5.82 Å². The number of rotatable bonds is 8. The maximum atomic E-state index is 12.3. The molecule has 1 N–H and O–H groups in total. The molecule has 1 aliphatic carbocycles. The Hall–Kier alpha value is -1.89. The average Bonchev–Trinajstić information content (AvgIpc) is 3.20. The number of carbonyl (C=O) groups excluding carboxylic acids is 2. The van der Waals surface area contributed by atoms with Gasteiger partial charge in [-0.3, -0.25) is 9.59 Å². The highest BCUT2D eigenvalue weighted by Gasteiger charge is 2.41. The van der Waals surface area contributed by atoms with E-state index in [2.05, 4.69) is 10.3 Å². The average molecular weight is 334 g/mol. The number of nitrogens with zero attached hydrogens (tertiary/aromatic N) is 3. The van der Waals surface area contributed by atoms with E-state index in [1.54, 1.807) is 6.20 Å². The maximum absolute atomic E-state index is 12.3. The number of aryl methyl sites for hydroxylation is 1. The molecule has 2 fully saturated rings. The summed E-state index contributed by atoms with van der Waals surface area (Å²) in [5, 5.41) is 2.92. The van der Waals surface area contributed by atoms with E-state index in [1.807, 2.05) is 29.6 Å². The van der Waals surface area contributed by atoms with Gasteiger partial charge in [0.05, 0.1) is 12.6 Å². The Morgan fingerprint density at radius 2 is 2.25 bits per heavy atom. The van der Waals surface area contributed by atoms with Crippen LogP contribution in [-0.2, 0) is 21.4 Å². The molecule has 0 unspecified atom stereocenters. The van der Waals surface area contributed by atoms with Crippen molar-refractivity contribution in [1.82, 2.24) is 19.8 Å². The van der Waals surface area contributed by atoms with E-state index in [9.17, 15) is 9.59 Å². The quantitative estimate of drug-likeness (QED) is 0.765. The number of carbonyl (C=O) groups is 2. The van der Waals surface area contributed by atoms with E-state index < -0.39 is 0 Å². The van der Waals surface area contributed by atoms with Gasteiger partial charge in [-0.25, -0.2) is 4.98 Å². The molecule has 1 saturated carbocycles. The smallest absolute Gasteiger partial charge is 0.246 e. The van der Waals surface area contributed by atoms with Crippen LogP contribution in [0.5, 0.6) is 0 Å². The lowest BCUT2D eigenvalue weighted by molar-refractivity contribution is -0.129. The van der Waals surface area contributed by atoms with Crippen molar-refractivity contribution in [2.75, 3.05) is 26.3 Å².